The minimum Gasteiger partial charge on any atom is -0.492 e. The lowest BCUT2D eigenvalue weighted by molar-refractivity contribution is -0.122. The fourth-order valence-electron chi connectivity index (χ4n) is 2.90. The molecule has 5 nitrogen and oxygen atoms in total. The van der Waals surface area contributed by atoms with Crippen LogP contribution >= 0.6 is 0 Å². The molecule has 0 saturated heterocycles. The van der Waals surface area contributed by atoms with Crippen LogP contribution in [0.2, 0.25) is 0 Å². The summed E-state index contributed by atoms with van der Waals surface area (Å²) in [6.07, 6.45) is 0. The first-order valence-corrected chi connectivity index (χ1v) is 7.90. The van der Waals surface area contributed by atoms with E-state index in [2.05, 4.69) is 0 Å². The molecule has 0 spiro atoms. The number of anilines is 1. The van der Waals surface area contributed by atoms with Crippen molar-refractivity contribution in [1.29, 1.82) is 5.26 Å². The molecule has 124 valence electrons. The Morgan fingerprint density at radius 3 is 2.52 bits per heavy atom. The lowest BCUT2D eigenvalue weighted by Gasteiger charge is -2.13. The van der Waals surface area contributed by atoms with E-state index in [1.54, 1.807) is 18.2 Å². The lowest BCUT2D eigenvalue weighted by Crippen LogP contribution is -2.31. The molecule has 1 aliphatic heterocycles. The Labute approximate surface area is 145 Å². The van der Waals surface area contributed by atoms with Gasteiger partial charge in [0.05, 0.1) is 29.5 Å². The van der Waals surface area contributed by atoms with Gasteiger partial charge in [-0.25, -0.2) is 4.90 Å². The summed E-state index contributed by atoms with van der Waals surface area (Å²) in [6, 6.07) is 16.2. The highest BCUT2D eigenvalue weighted by atomic mass is 16.5. The molecule has 0 fully saturated rings. The molecule has 2 aromatic rings. The van der Waals surface area contributed by atoms with Gasteiger partial charge in [0.1, 0.15) is 5.76 Å². The number of nitriles is 1. The van der Waals surface area contributed by atoms with Gasteiger partial charge in [-0.3, -0.25) is 9.59 Å². The molecule has 5 heteroatoms. The average molecular weight is 332 g/mol. The Kier molecular flexibility index (Phi) is 4.36. The molecule has 2 amide bonds. The Bertz CT molecular complexity index is 924. The quantitative estimate of drug-likeness (QED) is 0.638. The highest BCUT2D eigenvalue weighted by Gasteiger charge is 2.38. The Balaban J connectivity index is 2.31. The molecule has 0 N–H and O–H groups in total. The third-order valence-corrected chi connectivity index (χ3v) is 3.92. The topological polar surface area (TPSA) is 70.4 Å². The summed E-state index contributed by atoms with van der Waals surface area (Å²) in [6.45, 7) is 3.55. The molecule has 0 aliphatic carbocycles. The van der Waals surface area contributed by atoms with Crippen LogP contribution in [0.1, 0.15) is 30.5 Å². The summed E-state index contributed by atoms with van der Waals surface area (Å²) >= 11 is 0. The van der Waals surface area contributed by atoms with E-state index in [-0.39, 0.29) is 0 Å². The maximum atomic E-state index is 13.0. The van der Waals surface area contributed by atoms with Gasteiger partial charge in [0.2, 0.25) is 5.91 Å². The summed E-state index contributed by atoms with van der Waals surface area (Å²) in [4.78, 5) is 26.1. The molecule has 1 heterocycles. The molecule has 0 radical (unpaired) electrons. The predicted molar refractivity (Wildman–Crippen MR) is 94.2 cm³/mol. The van der Waals surface area contributed by atoms with Crippen LogP contribution in [0.5, 0.6) is 0 Å². The summed E-state index contributed by atoms with van der Waals surface area (Å²) in [5.74, 6) is -0.409. The molecular formula is C20H16N2O3. The first-order chi connectivity index (χ1) is 12.1. The van der Waals surface area contributed by atoms with Crippen molar-refractivity contribution in [3.63, 3.8) is 0 Å². The Hall–Kier alpha value is -3.39. The average Bonchev–Trinajstić information content (AvgIpc) is 2.91. The molecule has 1 aliphatic rings. The predicted octanol–water partition coefficient (Wildman–Crippen LogP) is 3.36. The second-order valence-electron chi connectivity index (χ2n) is 5.51. The van der Waals surface area contributed by atoms with Crippen LogP contribution in [0.3, 0.4) is 0 Å². The SMILES string of the molecule is CCOC(=C1C(=O)N(C(C)=O)c2cc(C#N)ccc21)c1ccccc1. The number of rotatable bonds is 3. The third-order valence-electron chi connectivity index (χ3n) is 3.92. The molecule has 0 unspecified atom stereocenters. The highest BCUT2D eigenvalue weighted by Crippen LogP contribution is 2.41. The van der Waals surface area contributed by atoms with Crippen LogP contribution in [0.15, 0.2) is 48.5 Å². The van der Waals surface area contributed by atoms with Crippen LogP contribution in [-0.4, -0.2) is 18.4 Å². The van der Waals surface area contributed by atoms with Gasteiger partial charge < -0.3 is 4.74 Å². The van der Waals surface area contributed by atoms with Crippen molar-refractivity contribution in [1.82, 2.24) is 0 Å². The number of carbonyl (C=O) groups excluding carboxylic acids is 2. The molecule has 0 aromatic heterocycles. The summed E-state index contributed by atoms with van der Waals surface area (Å²) in [5, 5.41) is 9.12. The van der Waals surface area contributed by atoms with E-state index in [0.717, 1.165) is 10.5 Å². The van der Waals surface area contributed by atoms with Gasteiger partial charge in [-0.05, 0) is 19.1 Å². The molecular weight excluding hydrogens is 316 g/mol. The van der Waals surface area contributed by atoms with E-state index in [1.165, 1.54) is 6.92 Å². The molecule has 3 rings (SSSR count). The highest BCUT2D eigenvalue weighted by molar-refractivity contribution is 6.42. The minimum atomic E-state index is -0.440. The van der Waals surface area contributed by atoms with Gasteiger partial charge >= 0.3 is 0 Å². The number of imide groups is 1. The summed E-state index contributed by atoms with van der Waals surface area (Å²) in [5.41, 5.74) is 2.49. The van der Waals surface area contributed by atoms with Crippen molar-refractivity contribution in [3.05, 3.63) is 65.2 Å². The van der Waals surface area contributed by atoms with E-state index < -0.39 is 11.8 Å². The fraction of sp³-hybridized carbons (Fsp3) is 0.150. The second-order valence-corrected chi connectivity index (χ2v) is 5.51. The molecule has 25 heavy (non-hydrogen) atoms. The lowest BCUT2D eigenvalue weighted by atomic mass is 10.0. The fourth-order valence-corrected chi connectivity index (χ4v) is 2.90. The number of hydrogen-bond acceptors (Lipinski definition) is 4. The van der Waals surface area contributed by atoms with Gasteiger partial charge in [0.25, 0.3) is 5.91 Å². The van der Waals surface area contributed by atoms with Gasteiger partial charge in [0.15, 0.2) is 0 Å². The zero-order valence-corrected chi connectivity index (χ0v) is 13.9. The van der Waals surface area contributed by atoms with Gasteiger partial charge in [-0.15, -0.1) is 0 Å². The molecule has 2 aromatic carbocycles. The van der Waals surface area contributed by atoms with Crippen LogP contribution in [0.4, 0.5) is 5.69 Å². The molecule has 0 saturated carbocycles. The first-order valence-electron chi connectivity index (χ1n) is 7.90. The number of nitrogens with zero attached hydrogens (tertiary/aromatic N) is 2. The number of hydrogen-bond donors (Lipinski definition) is 0. The van der Waals surface area contributed by atoms with Crippen LogP contribution < -0.4 is 4.90 Å². The second kappa shape index (κ2) is 6.62. The summed E-state index contributed by atoms with van der Waals surface area (Å²) in [7, 11) is 0. The Morgan fingerprint density at radius 2 is 1.92 bits per heavy atom. The Morgan fingerprint density at radius 1 is 1.20 bits per heavy atom. The first kappa shape index (κ1) is 16.5. The van der Waals surface area contributed by atoms with Crippen molar-refractivity contribution in [2.45, 2.75) is 13.8 Å². The van der Waals surface area contributed by atoms with Gasteiger partial charge in [0, 0.05) is 18.1 Å². The van der Waals surface area contributed by atoms with Crippen molar-refractivity contribution in [2.24, 2.45) is 0 Å². The largest absolute Gasteiger partial charge is 0.492 e. The normalized spacial score (nSPS) is 14.8. The monoisotopic (exact) mass is 332 g/mol. The van der Waals surface area contributed by atoms with E-state index in [0.29, 0.717) is 34.8 Å². The maximum absolute atomic E-state index is 13.0. The molecule has 0 bridgehead atoms. The number of ether oxygens (including phenoxy) is 1. The number of benzene rings is 2. The van der Waals surface area contributed by atoms with Crippen LogP contribution in [0.25, 0.3) is 11.3 Å². The van der Waals surface area contributed by atoms with Gasteiger partial charge in [-0.2, -0.15) is 5.26 Å². The van der Waals surface area contributed by atoms with E-state index in [9.17, 15) is 9.59 Å². The van der Waals surface area contributed by atoms with E-state index in [4.69, 9.17) is 10.00 Å². The van der Waals surface area contributed by atoms with E-state index >= 15 is 0 Å². The van der Waals surface area contributed by atoms with E-state index in [1.807, 2.05) is 43.3 Å². The van der Waals surface area contributed by atoms with Crippen molar-refractivity contribution in [2.75, 3.05) is 11.5 Å². The summed E-state index contributed by atoms with van der Waals surface area (Å²) < 4.78 is 5.78. The van der Waals surface area contributed by atoms with Crippen molar-refractivity contribution >= 4 is 28.8 Å². The zero-order valence-electron chi connectivity index (χ0n) is 13.9. The minimum absolute atomic E-state index is 0.336. The number of amides is 2. The maximum Gasteiger partial charge on any atom is 0.269 e. The van der Waals surface area contributed by atoms with Gasteiger partial charge in [-0.1, -0.05) is 36.4 Å². The smallest absolute Gasteiger partial charge is 0.269 e. The van der Waals surface area contributed by atoms with Crippen LogP contribution in [-0.2, 0) is 14.3 Å². The third kappa shape index (κ3) is 2.79. The van der Waals surface area contributed by atoms with Crippen LogP contribution in [0, 0.1) is 11.3 Å². The van der Waals surface area contributed by atoms with Crippen molar-refractivity contribution in [3.8, 4) is 6.07 Å². The van der Waals surface area contributed by atoms with Crippen molar-refractivity contribution < 1.29 is 14.3 Å². The number of fused-ring (bicyclic) bond motifs is 1. The standard InChI is InChI=1S/C20H16N2O3/c1-3-25-19(15-7-5-4-6-8-15)18-16-10-9-14(12-21)11-17(16)22(13(2)23)20(18)24/h4-11H,3H2,1-2H3. The zero-order chi connectivity index (χ0) is 18.0. The molecule has 0 atom stereocenters. The number of carbonyl (C=O) groups is 2.